The summed E-state index contributed by atoms with van der Waals surface area (Å²) in [7, 11) is 0. The van der Waals surface area contributed by atoms with E-state index >= 15 is 0 Å². The van der Waals surface area contributed by atoms with Gasteiger partial charge in [-0.2, -0.15) is 0 Å². The minimum absolute atomic E-state index is 0.0749. The van der Waals surface area contributed by atoms with Crippen LogP contribution in [0.2, 0.25) is 0 Å². The molecule has 2 rings (SSSR count). The fraction of sp³-hybridized carbons (Fsp3) is 0.471. The molecule has 1 aromatic heterocycles. The van der Waals surface area contributed by atoms with Crippen LogP contribution in [-0.4, -0.2) is 30.8 Å². The van der Waals surface area contributed by atoms with Crippen molar-refractivity contribution in [2.24, 2.45) is 0 Å². The second-order valence-electron chi connectivity index (χ2n) is 5.00. The van der Waals surface area contributed by atoms with Gasteiger partial charge in [0, 0.05) is 24.1 Å². The minimum Gasteiger partial charge on any atom is -0.379 e. The summed E-state index contributed by atoms with van der Waals surface area (Å²) in [6.07, 6.45) is 0.0749. The number of fused-ring (bicyclic) bond motifs is 1. The minimum atomic E-state index is 0.0749. The smallest absolute Gasteiger partial charge is 0.132 e. The molecule has 0 spiro atoms. The Balaban J connectivity index is 2.14. The summed E-state index contributed by atoms with van der Waals surface area (Å²) in [5, 5.41) is 4.45. The summed E-state index contributed by atoms with van der Waals surface area (Å²) in [6, 6.07) is 10.3. The average Bonchev–Trinajstić information content (AvgIpc) is 2.51. The Morgan fingerprint density at radius 1 is 1.24 bits per heavy atom. The maximum absolute atomic E-state index is 5.86. The molecule has 1 atom stereocenters. The second-order valence-corrected chi connectivity index (χ2v) is 5.00. The lowest BCUT2D eigenvalue weighted by Crippen LogP contribution is -2.16. The van der Waals surface area contributed by atoms with Crippen molar-refractivity contribution >= 4 is 16.7 Å². The molecule has 0 aliphatic rings. The van der Waals surface area contributed by atoms with Crippen LogP contribution in [0.1, 0.15) is 26.3 Å². The number of pyridine rings is 1. The van der Waals surface area contributed by atoms with Crippen LogP contribution < -0.4 is 5.32 Å². The normalized spacial score (nSPS) is 12.5. The van der Waals surface area contributed by atoms with Gasteiger partial charge in [0.05, 0.1) is 24.8 Å². The third kappa shape index (κ3) is 4.41. The first-order valence-electron chi connectivity index (χ1n) is 7.56. The Kier molecular flexibility index (Phi) is 5.96. The predicted octanol–water partition coefficient (Wildman–Crippen LogP) is 3.61. The van der Waals surface area contributed by atoms with Gasteiger partial charge in [-0.3, -0.25) is 0 Å². The Labute approximate surface area is 126 Å². The van der Waals surface area contributed by atoms with Gasteiger partial charge in [0.2, 0.25) is 0 Å². The number of nitrogens with zero attached hydrogens (tertiary/aromatic N) is 1. The van der Waals surface area contributed by atoms with E-state index in [1.807, 2.05) is 32.0 Å². The van der Waals surface area contributed by atoms with Crippen molar-refractivity contribution in [2.45, 2.75) is 33.5 Å². The van der Waals surface area contributed by atoms with Crippen LogP contribution in [0.5, 0.6) is 0 Å². The monoisotopic (exact) mass is 288 g/mol. The highest BCUT2D eigenvalue weighted by Gasteiger charge is 2.09. The van der Waals surface area contributed by atoms with Gasteiger partial charge in [0.1, 0.15) is 5.82 Å². The average molecular weight is 288 g/mol. The lowest BCUT2D eigenvalue weighted by molar-refractivity contribution is -0.0115. The fourth-order valence-corrected chi connectivity index (χ4v) is 2.15. The third-order valence-electron chi connectivity index (χ3n) is 3.23. The SMILES string of the molecule is CCNc1nc2ccccc2cc1COC(C)COCC. The topological polar surface area (TPSA) is 43.4 Å². The summed E-state index contributed by atoms with van der Waals surface area (Å²) >= 11 is 0. The van der Waals surface area contributed by atoms with E-state index in [-0.39, 0.29) is 6.10 Å². The van der Waals surface area contributed by atoms with Crippen molar-refractivity contribution in [1.82, 2.24) is 4.98 Å². The van der Waals surface area contributed by atoms with Crippen molar-refractivity contribution in [3.63, 3.8) is 0 Å². The van der Waals surface area contributed by atoms with Crippen molar-refractivity contribution < 1.29 is 9.47 Å². The number of hydrogen-bond donors (Lipinski definition) is 1. The van der Waals surface area contributed by atoms with Crippen molar-refractivity contribution in [3.05, 3.63) is 35.9 Å². The van der Waals surface area contributed by atoms with Gasteiger partial charge in [0.15, 0.2) is 0 Å². The van der Waals surface area contributed by atoms with E-state index in [9.17, 15) is 0 Å². The highest BCUT2D eigenvalue weighted by Crippen LogP contribution is 2.21. The number of anilines is 1. The second kappa shape index (κ2) is 7.96. The van der Waals surface area contributed by atoms with Crippen LogP contribution in [0.15, 0.2) is 30.3 Å². The summed E-state index contributed by atoms with van der Waals surface area (Å²) in [6.45, 7) is 8.79. The first kappa shape index (κ1) is 15.7. The van der Waals surface area contributed by atoms with Crippen LogP contribution in [0.25, 0.3) is 10.9 Å². The van der Waals surface area contributed by atoms with E-state index < -0.39 is 0 Å². The molecule has 0 bridgehead atoms. The first-order valence-corrected chi connectivity index (χ1v) is 7.56. The highest BCUT2D eigenvalue weighted by molar-refractivity contribution is 5.81. The molecule has 0 amide bonds. The molecule has 0 aliphatic carbocycles. The molecule has 0 fully saturated rings. The molecular formula is C17H24N2O2. The number of ether oxygens (including phenoxy) is 2. The first-order chi connectivity index (χ1) is 10.2. The van der Waals surface area contributed by atoms with Gasteiger partial charge < -0.3 is 14.8 Å². The number of nitrogens with one attached hydrogen (secondary N) is 1. The molecule has 0 radical (unpaired) electrons. The van der Waals surface area contributed by atoms with Gasteiger partial charge >= 0.3 is 0 Å². The van der Waals surface area contributed by atoms with Gasteiger partial charge in [0.25, 0.3) is 0 Å². The summed E-state index contributed by atoms with van der Waals surface area (Å²) < 4.78 is 11.2. The molecule has 1 unspecified atom stereocenters. The van der Waals surface area contributed by atoms with E-state index in [4.69, 9.17) is 9.47 Å². The number of rotatable bonds is 8. The molecule has 4 nitrogen and oxygen atoms in total. The largest absolute Gasteiger partial charge is 0.379 e. The Morgan fingerprint density at radius 2 is 2.05 bits per heavy atom. The van der Waals surface area contributed by atoms with Crippen molar-refractivity contribution in [3.8, 4) is 0 Å². The zero-order valence-corrected chi connectivity index (χ0v) is 13.1. The molecular weight excluding hydrogens is 264 g/mol. The van der Waals surface area contributed by atoms with Crippen molar-refractivity contribution in [1.29, 1.82) is 0 Å². The lowest BCUT2D eigenvalue weighted by atomic mass is 10.1. The molecule has 0 saturated carbocycles. The number of para-hydroxylation sites is 1. The number of aromatic nitrogens is 1. The van der Waals surface area contributed by atoms with Crippen LogP contribution in [0.4, 0.5) is 5.82 Å². The Morgan fingerprint density at radius 3 is 2.81 bits per heavy atom. The van der Waals surface area contributed by atoms with Gasteiger partial charge in [-0.05, 0) is 32.9 Å². The Bertz CT molecular complexity index is 572. The van der Waals surface area contributed by atoms with Crippen LogP contribution in [0, 0.1) is 0 Å². The summed E-state index contributed by atoms with van der Waals surface area (Å²) in [5.74, 6) is 0.903. The van der Waals surface area contributed by atoms with Gasteiger partial charge in [-0.25, -0.2) is 4.98 Å². The zero-order chi connectivity index (χ0) is 15.1. The van der Waals surface area contributed by atoms with E-state index in [0.717, 1.165) is 28.8 Å². The molecule has 2 aromatic rings. The van der Waals surface area contributed by atoms with E-state index in [2.05, 4.69) is 29.4 Å². The lowest BCUT2D eigenvalue weighted by Gasteiger charge is -2.16. The summed E-state index contributed by atoms with van der Waals surface area (Å²) in [4.78, 5) is 4.68. The maximum atomic E-state index is 5.86. The number of hydrogen-bond acceptors (Lipinski definition) is 4. The van der Waals surface area contributed by atoms with Crippen LogP contribution >= 0.6 is 0 Å². The van der Waals surface area contributed by atoms with Crippen LogP contribution in [-0.2, 0) is 16.1 Å². The number of benzene rings is 1. The molecule has 0 saturated heterocycles. The summed E-state index contributed by atoms with van der Waals surface area (Å²) in [5.41, 5.74) is 2.08. The maximum Gasteiger partial charge on any atom is 0.132 e. The van der Waals surface area contributed by atoms with E-state index in [1.54, 1.807) is 0 Å². The molecule has 1 aromatic carbocycles. The van der Waals surface area contributed by atoms with E-state index in [0.29, 0.717) is 19.8 Å². The van der Waals surface area contributed by atoms with Crippen LogP contribution in [0.3, 0.4) is 0 Å². The third-order valence-corrected chi connectivity index (χ3v) is 3.23. The molecule has 1 N–H and O–H groups in total. The van der Waals surface area contributed by atoms with Gasteiger partial charge in [-0.1, -0.05) is 18.2 Å². The zero-order valence-electron chi connectivity index (χ0n) is 13.1. The standard InChI is InChI=1S/C17H24N2O2/c1-4-18-17-15(12-21-13(3)11-20-5-2)10-14-8-6-7-9-16(14)19-17/h6-10,13H,4-5,11-12H2,1-3H3,(H,18,19). The fourth-order valence-electron chi connectivity index (χ4n) is 2.15. The van der Waals surface area contributed by atoms with Gasteiger partial charge in [-0.15, -0.1) is 0 Å². The van der Waals surface area contributed by atoms with Crippen molar-refractivity contribution in [2.75, 3.05) is 25.1 Å². The Hall–Kier alpha value is -1.65. The van der Waals surface area contributed by atoms with E-state index in [1.165, 1.54) is 0 Å². The quantitative estimate of drug-likeness (QED) is 0.806. The highest BCUT2D eigenvalue weighted by atomic mass is 16.5. The molecule has 0 aliphatic heterocycles. The molecule has 21 heavy (non-hydrogen) atoms. The predicted molar refractivity (Wildman–Crippen MR) is 86.7 cm³/mol. The molecule has 114 valence electrons. The molecule has 4 heteroatoms. The molecule has 1 heterocycles.